The van der Waals surface area contributed by atoms with E-state index in [2.05, 4.69) is 22.4 Å². The Morgan fingerprint density at radius 1 is 0.652 bits per heavy atom. The first-order valence-corrected chi connectivity index (χ1v) is 7.86. The zero-order valence-electron chi connectivity index (χ0n) is 13.1. The zero-order valence-corrected chi connectivity index (χ0v) is 13.1. The summed E-state index contributed by atoms with van der Waals surface area (Å²) >= 11 is 0. The van der Waals surface area contributed by atoms with Crippen LogP contribution in [0.4, 0.5) is 0 Å². The van der Waals surface area contributed by atoms with Crippen LogP contribution in [0.15, 0.2) is 58.8 Å². The van der Waals surface area contributed by atoms with E-state index in [9.17, 15) is 0 Å². The fourth-order valence-corrected chi connectivity index (χ4v) is 2.71. The van der Waals surface area contributed by atoms with Crippen LogP contribution in [0.3, 0.4) is 0 Å². The number of hydrogen-bond donors (Lipinski definition) is 2. The smallest absolute Gasteiger partial charge is 0.0736 e. The van der Waals surface area contributed by atoms with Gasteiger partial charge in [-0.3, -0.25) is 0 Å². The molecule has 0 atom stereocenters. The van der Waals surface area contributed by atoms with Crippen molar-refractivity contribution < 1.29 is 10.4 Å². The first kappa shape index (κ1) is 16.7. The van der Waals surface area contributed by atoms with Crippen molar-refractivity contribution in [2.75, 3.05) is 0 Å². The van der Waals surface area contributed by atoms with E-state index in [1.54, 1.807) is 0 Å². The number of aryl methyl sites for hydroxylation is 2. The van der Waals surface area contributed by atoms with E-state index < -0.39 is 0 Å². The highest BCUT2D eigenvalue weighted by molar-refractivity contribution is 5.81. The first-order valence-electron chi connectivity index (χ1n) is 7.86. The molecule has 2 N–H and O–H groups in total. The van der Waals surface area contributed by atoms with Gasteiger partial charge in [0.2, 0.25) is 0 Å². The third-order valence-electron chi connectivity index (χ3n) is 3.90. The normalized spacial score (nSPS) is 11.5. The van der Waals surface area contributed by atoms with Crippen molar-refractivity contribution in [3.8, 4) is 0 Å². The van der Waals surface area contributed by atoms with Crippen LogP contribution in [-0.2, 0) is 12.8 Å². The molecule has 0 aliphatic heterocycles. The van der Waals surface area contributed by atoms with Crippen molar-refractivity contribution in [3.05, 3.63) is 70.8 Å². The number of unbranched alkanes of at least 4 members (excludes halogenated alkanes) is 2. The third kappa shape index (κ3) is 5.25. The van der Waals surface area contributed by atoms with Crippen LogP contribution in [0, 0.1) is 0 Å². The highest BCUT2D eigenvalue weighted by Crippen LogP contribution is 2.14. The molecule has 2 aromatic carbocycles. The molecule has 120 valence electrons. The van der Waals surface area contributed by atoms with Crippen LogP contribution >= 0.6 is 0 Å². The second-order valence-corrected chi connectivity index (χ2v) is 5.45. The minimum atomic E-state index is 0.972. The fraction of sp³-hybridized carbons (Fsp3) is 0.263. The summed E-state index contributed by atoms with van der Waals surface area (Å²) in [5.74, 6) is 0. The Kier molecular flexibility index (Phi) is 6.85. The molecule has 4 heteroatoms. The second-order valence-electron chi connectivity index (χ2n) is 5.45. The van der Waals surface area contributed by atoms with Gasteiger partial charge < -0.3 is 10.4 Å². The summed E-state index contributed by atoms with van der Waals surface area (Å²) in [4.78, 5) is 0. The maximum atomic E-state index is 8.69. The molecule has 0 amide bonds. The van der Waals surface area contributed by atoms with Gasteiger partial charge in [0, 0.05) is 0 Å². The highest BCUT2D eigenvalue weighted by atomic mass is 16.4. The molecule has 0 fully saturated rings. The molecule has 4 nitrogen and oxygen atoms in total. The lowest BCUT2D eigenvalue weighted by Gasteiger charge is -2.07. The summed E-state index contributed by atoms with van der Waals surface area (Å²) in [5, 5.41) is 23.6. The summed E-state index contributed by atoms with van der Waals surface area (Å²) in [6.07, 6.45) is 8.22. The molecule has 0 spiro atoms. The minimum absolute atomic E-state index is 0.972. The third-order valence-corrected chi connectivity index (χ3v) is 3.90. The highest BCUT2D eigenvalue weighted by Gasteiger charge is 2.02. The summed E-state index contributed by atoms with van der Waals surface area (Å²) in [6.45, 7) is 0. The van der Waals surface area contributed by atoms with Gasteiger partial charge in [0.25, 0.3) is 0 Å². The predicted molar refractivity (Wildman–Crippen MR) is 92.9 cm³/mol. The second kappa shape index (κ2) is 9.41. The van der Waals surface area contributed by atoms with Crippen LogP contribution in [0.1, 0.15) is 41.5 Å². The van der Waals surface area contributed by atoms with E-state index in [1.807, 2.05) is 36.4 Å². The van der Waals surface area contributed by atoms with E-state index in [-0.39, 0.29) is 0 Å². The number of benzene rings is 2. The van der Waals surface area contributed by atoms with Crippen molar-refractivity contribution >= 4 is 12.4 Å². The summed E-state index contributed by atoms with van der Waals surface area (Å²) < 4.78 is 0. The maximum absolute atomic E-state index is 8.69. The van der Waals surface area contributed by atoms with Crippen molar-refractivity contribution in [1.82, 2.24) is 0 Å². The Balaban J connectivity index is 1.81. The monoisotopic (exact) mass is 310 g/mol. The topological polar surface area (TPSA) is 65.2 Å². The lowest BCUT2D eigenvalue weighted by atomic mass is 9.99. The van der Waals surface area contributed by atoms with Gasteiger partial charge in [-0.15, -0.1) is 0 Å². The molecule has 0 radical (unpaired) electrons. The van der Waals surface area contributed by atoms with E-state index >= 15 is 0 Å². The van der Waals surface area contributed by atoms with Crippen LogP contribution < -0.4 is 0 Å². The lowest BCUT2D eigenvalue weighted by Crippen LogP contribution is -1.96. The van der Waals surface area contributed by atoms with Gasteiger partial charge >= 0.3 is 0 Å². The van der Waals surface area contributed by atoms with Gasteiger partial charge in [0.1, 0.15) is 0 Å². The van der Waals surface area contributed by atoms with Gasteiger partial charge in [-0.1, -0.05) is 65.3 Å². The summed E-state index contributed by atoms with van der Waals surface area (Å²) in [5.41, 5.74) is 4.36. The van der Waals surface area contributed by atoms with Gasteiger partial charge in [-0.25, -0.2) is 0 Å². The molecule has 0 aliphatic rings. The van der Waals surface area contributed by atoms with Crippen molar-refractivity contribution in [2.45, 2.75) is 32.1 Å². The average molecular weight is 310 g/mol. The van der Waals surface area contributed by atoms with Crippen molar-refractivity contribution in [1.29, 1.82) is 0 Å². The summed E-state index contributed by atoms with van der Waals surface area (Å²) in [7, 11) is 0. The molecule has 2 aromatic rings. The van der Waals surface area contributed by atoms with E-state index in [4.69, 9.17) is 10.4 Å². The van der Waals surface area contributed by atoms with E-state index in [0.717, 1.165) is 43.2 Å². The van der Waals surface area contributed by atoms with Gasteiger partial charge in [0.15, 0.2) is 0 Å². The molecule has 0 unspecified atom stereocenters. The Hall–Kier alpha value is -2.62. The van der Waals surface area contributed by atoms with Crippen LogP contribution in [0.2, 0.25) is 0 Å². The lowest BCUT2D eigenvalue weighted by molar-refractivity contribution is 0.321. The van der Waals surface area contributed by atoms with E-state index in [1.165, 1.54) is 23.6 Å². The Labute approximate surface area is 136 Å². The minimum Gasteiger partial charge on any atom is -0.411 e. The molecular formula is C19H22N2O2. The molecule has 0 heterocycles. The molecule has 0 aromatic heterocycles. The Morgan fingerprint density at radius 2 is 1.09 bits per heavy atom. The molecule has 2 rings (SSSR count). The largest absolute Gasteiger partial charge is 0.411 e. The number of rotatable bonds is 8. The van der Waals surface area contributed by atoms with Crippen LogP contribution in [-0.4, -0.2) is 22.8 Å². The fourth-order valence-electron chi connectivity index (χ4n) is 2.71. The SMILES string of the molecule is O/N=C/c1ccccc1CCCCCc1ccccc1/C=N/O. The van der Waals surface area contributed by atoms with Gasteiger partial charge in [0.05, 0.1) is 12.4 Å². The molecule has 23 heavy (non-hydrogen) atoms. The quantitative estimate of drug-likeness (QED) is 0.331. The Bertz CT molecular complexity index is 608. The van der Waals surface area contributed by atoms with Crippen molar-refractivity contribution in [3.63, 3.8) is 0 Å². The van der Waals surface area contributed by atoms with Gasteiger partial charge in [-0.2, -0.15) is 0 Å². The number of hydrogen-bond acceptors (Lipinski definition) is 4. The molecular weight excluding hydrogens is 288 g/mol. The number of nitrogens with zero attached hydrogens (tertiary/aromatic N) is 2. The first-order chi connectivity index (χ1) is 11.3. The van der Waals surface area contributed by atoms with E-state index in [0.29, 0.717) is 0 Å². The standard InChI is InChI=1S/C19H22N2O2/c22-20-14-18-12-6-4-10-16(18)8-2-1-3-9-17-11-5-7-13-19(17)15-21-23/h4-7,10-15,22-23H,1-3,8-9H2/b20-14+,21-15+. The Morgan fingerprint density at radius 3 is 1.52 bits per heavy atom. The predicted octanol–water partition coefficient (Wildman–Crippen LogP) is 4.26. The number of oxime groups is 2. The molecule has 0 saturated carbocycles. The maximum Gasteiger partial charge on any atom is 0.0736 e. The van der Waals surface area contributed by atoms with Gasteiger partial charge in [-0.05, 0) is 47.9 Å². The molecule has 0 aliphatic carbocycles. The van der Waals surface area contributed by atoms with Crippen LogP contribution in [0.25, 0.3) is 0 Å². The average Bonchev–Trinajstić information content (AvgIpc) is 2.58. The van der Waals surface area contributed by atoms with Crippen molar-refractivity contribution in [2.24, 2.45) is 10.3 Å². The molecule has 0 saturated heterocycles. The van der Waals surface area contributed by atoms with Crippen LogP contribution in [0.5, 0.6) is 0 Å². The summed E-state index contributed by atoms with van der Waals surface area (Å²) in [6, 6.07) is 16.0. The zero-order chi connectivity index (χ0) is 16.3. The molecule has 0 bridgehead atoms.